The molecule has 3 N–H and O–H groups in total. The lowest BCUT2D eigenvalue weighted by molar-refractivity contribution is -0.119. The van der Waals surface area contributed by atoms with Crippen molar-refractivity contribution in [3.05, 3.63) is 29.3 Å². The van der Waals surface area contributed by atoms with Crippen LogP contribution in [0.15, 0.2) is 18.2 Å². The van der Waals surface area contributed by atoms with Gasteiger partial charge in [-0.05, 0) is 37.5 Å². The number of hydrogen-bond acceptors (Lipinski definition) is 3. The number of amides is 1. The second kappa shape index (κ2) is 6.91. The highest BCUT2D eigenvalue weighted by molar-refractivity contribution is 5.77. The topological polar surface area (TPSA) is 64.3 Å². The number of nitrogens with two attached hydrogens (primary N) is 1. The van der Waals surface area contributed by atoms with Crippen molar-refractivity contribution in [2.24, 2.45) is 5.73 Å². The Morgan fingerprint density at radius 1 is 1.47 bits per heavy atom. The molecule has 0 bridgehead atoms. The van der Waals surface area contributed by atoms with Gasteiger partial charge in [0.05, 0.1) is 13.2 Å². The molecule has 0 atom stereocenters. The van der Waals surface area contributed by atoms with Crippen LogP contribution < -0.4 is 15.8 Å². The summed E-state index contributed by atoms with van der Waals surface area (Å²) in [7, 11) is 0. The highest BCUT2D eigenvalue weighted by atomic mass is 16.5. The lowest BCUT2D eigenvalue weighted by Crippen LogP contribution is -2.31. The Morgan fingerprint density at radius 3 is 2.82 bits per heavy atom. The molecule has 0 aliphatic rings. The zero-order valence-electron chi connectivity index (χ0n) is 10.5. The number of carbonyl (C=O) groups excluding carboxylic acids is 1. The SMILES string of the molecule is CCOc1ccc(CCNC(=O)CN)cc1C. The highest BCUT2D eigenvalue weighted by Crippen LogP contribution is 2.19. The van der Waals surface area contributed by atoms with E-state index in [1.807, 2.05) is 26.0 Å². The molecule has 4 nitrogen and oxygen atoms in total. The van der Waals surface area contributed by atoms with Crippen molar-refractivity contribution < 1.29 is 9.53 Å². The van der Waals surface area contributed by atoms with Gasteiger partial charge in [0.1, 0.15) is 5.75 Å². The summed E-state index contributed by atoms with van der Waals surface area (Å²) in [5.74, 6) is 0.801. The van der Waals surface area contributed by atoms with Crippen LogP contribution in [0.2, 0.25) is 0 Å². The molecule has 0 aliphatic carbocycles. The molecule has 0 aliphatic heterocycles. The summed E-state index contributed by atoms with van der Waals surface area (Å²) < 4.78 is 5.47. The van der Waals surface area contributed by atoms with E-state index in [0.29, 0.717) is 13.2 Å². The summed E-state index contributed by atoms with van der Waals surface area (Å²) >= 11 is 0. The minimum atomic E-state index is -0.118. The first-order valence-corrected chi connectivity index (χ1v) is 5.86. The number of benzene rings is 1. The molecule has 1 aromatic carbocycles. The number of ether oxygens (including phenoxy) is 1. The third-order valence-electron chi connectivity index (χ3n) is 2.46. The van der Waals surface area contributed by atoms with E-state index in [1.165, 1.54) is 5.56 Å². The quantitative estimate of drug-likeness (QED) is 0.775. The van der Waals surface area contributed by atoms with E-state index in [4.69, 9.17) is 10.5 Å². The van der Waals surface area contributed by atoms with Gasteiger partial charge in [-0.1, -0.05) is 12.1 Å². The van der Waals surface area contributed by atoms with Gasteiger partial charge in [0.15, 0.2) is 0 Å². The Hall–Kier alpha value is -1.55. The maximum Gasteiger partial charge on any atom is 0.233 e. The molecule has 0 aromatic heterocycles. The molecule has 94 valence electrons. The van der Waals surface area contributed by atoms with Gasteiger partial charge in [0.25, 0.3) is 0 Å². The normalized spacial score (nSPS) is 10.1. The molecule has 1 rings (SSSR count). The van der Waals surface area contributed by atoms with Gasteiger partial charge in [-0.25, -0.2) is 0 Å². The van der Waals surface area contributed by atoms with Gasteiger partial charge in [0.2, 0.25) is 5.91 Å². The van der Waals surface area contributed by atoms with E-state index in [1.54, 1.807) is 0 Å². The molecule has 1 aromatic rings. The zero-order chi connectivity index (χ0) is 12.7. The monoisotopic (exact) mass is 236 g/mol. The summed E-state index contributed by atoms with van der Waals surface area (Å²) in [4.78, 5) is 11.0. The second-order valence-corrected chi connectivity index (χ2v) is 3.84. The minimum Gasteiger partial charge on any atom is -0.494 e. The standard InChI is InChI=1S/C13H20N2O2/c1-3-17-12-5-4-11(8-10(12)2)6-7-15-13(16)9-14/h4-5,8H,3,6-7,9,14H2,1-2H3,(H,15,16). The second-order valence-electron chi connectivity index (χ2n) is 3.84. The van der Waals surface area contributed by atoms with Gasteiger partial charge in [0, 0.05) is 6.54 Å². The van der Waals surface area contributed by atoms with E-state index in [9.17, 15) is 4.79 Å². The van der Waals surface area contributed by atoms with Gasteiger partial charge in [-0.2, -0.15) is 0 Å². The van der Waals surface area contributed by atoms with Crippen LogP contribution in [-0.2, 0) is 11.2 Å². The van der Waals surface area contributed by atoms with Crippen LogP contribution in [0.1, 0.15) is 18.1 Å². The predicted molar refractivity (Wildman–Crippen MR) is 68.1 cm³/mol. The molecule has 0 heterocycles. The van der Waals surface area contributed by atoms with Crippen LogP contribution in [0.3, 0.4) is 0 Å². The molecular weight excluding hydrogens is 216 g/mol. The summed E-state index contributed by atoms with van der Waals surface area (Å²) in [5.41, 5.74) is 7.50. The lowest BCUT2D eigenvalue weighted by atomic mass is 10.1. The number of nitrogens with one attached hydrogen (secondary N) is 1. The summed E-state index contributed by atoms with van der Waals surface area (Å²) in [5, 5.41) is 2.74. The first-order valence-electron chi connectivity index (χ1n) is 5.86. The molecule has 0 spiro atoms. The minimum absolute atomic E-state index is 0.0440. The molecule has 17 heavy (non-hydrogen) atoms. The van der Waals surface area contributed by atoms with Crippen molar-refractivity contribution in [3.8, 4) is 5.75 Å². The summed E-state index contributed by atoms with van der Waals surface area (Å²) in [6.45, 7) is 5.32. The maximum absolute atomic E-state index is 11.0. The van der Waals surface area contributed by atoms with Gasteiger partial charge < -0.3 is 15.8 Å². The molecule has 1 amide bonds. The van der Waals surface area contributed by atoms with E-state index < -0.39 is 0 Å². The average molecular weight is 236 g/mol. The van der Waals surface area contributed by atoms with Gasteiger partial charge in [-0.3, -0.25) is 4.79 Å². The van der Waals surface area contributed by atoms with Crippen LogP contribution in [0.4, 0.5) is 0 Å². The Kier molecular flexibility index (Phi) is 5.49. The number of rotatable bonds is 6. The molecule has 0 saturated heterocycles. The van der Waals surface area contributed by atoms with E-state index in [-0.39, 0.29) is 12.5 Å². The van der Waals surface area contributed by atoms with Crippen molar-refractivity contribution in [1.82, 2.24) is 5.32 Å². The first-order chi connectivity index (χ1) is 8.17. The smallest absolute Gasteiger partial charge is 0.233 e. The highest BCUT2D eigenvalue weighted by Gasteiger charge is 2.01. The van der Waals surface area contributed by atoms with Gasteiger partial charge >= 0.3 is 0 Å². The van der Waals surface area contributed by atoms with E-state index in [0.717, 1.165) is 17.7 Å². The molecule has 0 radical (unpaired) electrons. The predicted octanol–water partition coefficient (Wildman–Crippen LogP) is 1.01. The third kappa shape index (κ3) is 4.44. The first kappa shape index (κ1) is 13.5. The van der Waals surface area contributed by atoms with Crippen LogP contribution in [0.5, 0.6) is 5.75 Å². The van der Waals surface area contributed by atoms with Crippen LogP contribution in [0, 0.1) is 6.92 Å². The van der Waals surface area contributed by atoms with E-state index >= 15 is 0 Å². The number of hydrogen-bond donors (Lipinski definition) is 2. The largest absolute Gasteiger partial charge is 0.494 e. The molecular formula is C13H20N2O2. The summed E-state index contributed by atoms with van der Waals surface area (Å²) in [6, 6.07) is 6.07. The molecule has 0 fully saturated rings. The Bertz CT molecular complexity index is 378. The van der Waals surface area contributed by atoms with Crippen molar-refractivity contribution >= 4 is 5.91 Å². The fraction of sp³-hybridized carbons (Fsp3) is 0.462. The molecule has 0 unspecified atom stereocenters. The molecule has 4 heteroatoms. The maximum atomic E-state index is 11.0. The number of aryl methyl sites for hydroxylation is 1. The Morgan fingerprint density at radius 2 is 2.24 bits per heavy atom. The van der Waals surface area contributed by atoms with Gasteiger partial charge in [-0.15, -0.1) is 0 Å². The van der Waals surface area contributed by atoms with Crippen molar-refractivity contribution in [1.29, 1.82) is 0 Å². The van der Waals surface area contributed by atoms with E-state index in [2.05, 4.69) is 11.4 Å². The average Bonchev–Trinajstić information content (AvgIpc) is 2.32. The fourth-order valence-corrected chi connectivity index (χ4v) is 1.60. The van der Waals surface area contributed by atoms with Crippen molar-refractivity contribution in [2.45, 2.75) is 20.3 Å². The van der Waals surface area contributed by atoms with Crippen molar-refractivity contribution in [3.63, 3.8) is 0 Å². The lowest BCUT2D eigenvalue weighted by Gasteiger charge is -2.09. The van der Waals surface area contributed by atoms with Crippen LogP contribution in [0.25, 0.3) is 0 Å². The Labute approximate surface area is 102 Å². The fourth-order valence-electron chi connectivity index (χ4n) is 1.60. The van der Waals surface area contributed by atoms with Crippen molar-refractivity contribution in [2.75, 3.05) is 19.7 Å². The number of carbonyl (C=O) groups is 1. The molecule has 0 saturated carbocycles. The van der Waals surface area contributed by atoms with Crippen LogP contribution >= 0.6 is 0 Å². The van der Waals surface area contributed by atoms with Crippen LogP contribution in [-0.4, -0.2) is 25.6 Å². The Balaban J connectivity index is 2.50. The zero-order valence-corrected chi connectivity index (χ0v) is 10.5. The summed E-state index contributed by atoms with van der Waals surface area (Å²) in [6.07, 6.45) is 0.805. The third-order valence-corrected chi connectivity index (χ3v) is 2.46.